The first-order valence-electron chi connectivity index (χ1n) is 6.10. The SMILES string of the molecule is CN(Cc1nc(-c2ccco2)no1)C1CCNC1.Cl. The van der Waals surface area contributed by atoms with Gasteiger partial charge in [0.25, 0.3) is 0 Å². The third kappa shape index (κ3) is 3.15. The van der Waals surface area contributed by atoms with Gasteiger partial charge in [0.15, 0.2) is 5.76 Å². The van der Waals surface area contributed by atoms with Crippen LogP contribution in [-0.2, 0) is 6.54 Å². The van der Waals surface area contributed by atoms with E-state index in [4.69, 9.17) is 8.94 Å². The van der Waals surface area contributed by atoms with Crippen LogP contribution in [0, 0.1) is 0 Å². The molecule has 2 aromatic heterocycles. The van der Waals surface area contributed by atoms with Crippen LogP contribution in [0.4, 0.5) is 0 Å². The predicted molar refractivity (Wildman–Crippen MR) is 72.0 cm³/mol. The van der Waals surface area contributed by atoms with Gasteiger partial charge >= 0.3 is 0 Å². The number of hydrogen-bond donors (Lipinski definition) is 1. The zero-order valence-electron chi connectivity index (χ0n) is 10.7. The summed E-state index contributed by atoms with van der Waals surface area (Å²) in [6.07, 6.45) is 2.76. The van der Waals surface area contributed by atoms with Gasteiger partial charge in [-0.05, 0) is 32.1 Å². The van der Waals surface area contributed by atoms with E-state index in [0.29, 0.717) is 30.1 Å². The van der Waals surface area contributed by atoms with Gasteiger partial charge in [-0.2, -0.15) is 4.98 Å². The van der Waals surface area contributed by atoms with E-state index in [-0.39, 0.29) is 12.4 Å². The molecule has 6 nitrogen and oxygen atoms in total. The van der Waals surface area contributed by atoms with Crippen LogP contribution >= 0.6 is 12.4 Å². The van der Waals surface area contributed by atoms with Crippen molar-refractivity contribution in [3.05, 3.63) is 24.3 Å². The summed E-state index contributed by atoms with van der Waals surface area (Å²) in [5, 5.41) is 7.26. The Kier molecular flexibility index (Phi) is 4.57. The lowest BCUT2D eigenvalue weighted by Gasteiger charge is -2.20. The number of rotatable bonds is 4. The highest BCUT2D eigenvalue weighted by Crippen LogP contribution is 2.17. The summed E-state index contributed by atoms with van der Waals surface area (Å²) in [4.78, 5) is 6.57. The first-order chi connectivity index (χ1) is 8.83. The summed E-state index contributed by atoms with van der Waals surface area (Å²) in [5.41, 5.74) is 0. The molecule has 2 aromatic rings. The summed E-state index contributed by atoms with van der Waals surface area (Å²) >= 11 is 0. The van der Waals surface area contributed by atoms with Crippen molar-refractivity contribution >= 4 is 12.4 Å². The van der Waals surface area contributed by atoms with Crippen LogP contribution in [0.5, 0.6) is 0 Å². The van der Waals surface area contributed by atoms with Crippen LogP contribution < -0.4 is 5.32 Å². The molecule has 1 atom stereocenters. The van der Waals surface area contributed by atoms with Gasteiger partial charge in [-0.3, -0.25) is 4.90 Å². The van der Waals surface area contributed by atoms with Gasteiger partial charge in [-0.15, -0.1) is 12.4 Å². The lowest BCUT2D eigenvalue weighted by molar-refractivity contribution is 0.214. The van der Waals surface area contributed by atoms with Gasteiger partial charge in [0.1, 0.15) is 0 Å². The first-order valence-corrected chi connectivity index (χ1v) is 6.10. The van der Waals surface area contributed by atoms with Gasteiger partial charge in [-0.25, -0.2) is 0 Å². The molecule has 1 aliphatic heterocycles. The van der Waals surface area contributed by atoms with Gasteiger partial charge in [0, 0.05) is 12.6 Å². The molecular formula is C12H17ClN4O2. The van der Waals surface area contributed by atoms with Crippen LogP contribution in [0.1, 0.15) is 12.3 Å². The van der Waals surface area contributed by atoms with Gasteiger partial charge in [0.05, 0.1) is 12.8 Å². The lowest BCUT2D eigenvalue weighted by Crippen LogP contribution is -2.32. The summed E-state index contributed by atoms with van der Waals surface area (Å²) in [5.74, 6) is 1.76. The van der Waals surface area contributed by atoms with Gasteiger partial charge in [0.2, 0.25) is 11.7 Å². The van der Waals surface area contributed by atoms with E-state index in [1.54, 1.807) is 6.26 Å². The van der Waals surface area contributed by atoms with Gasteiger partial charge in [-0.1, -0.05) is 5.16 Å². The highest BCUT2D eigenvalue weighted by molar-refractivity contribution is 5.85. The highest BCUT2D eigenvalue weighted by atomic mass is 35.5. The van der Waals surface area contributed by atoms with E-state index < -0.39 is 0 Å². The fraction of sp³-hybridized carbons (Fsp3) is 0.500. The van der Waals surface area contributed by atoms with Crippen molar-refractivity contribution in [2.24, 2.45) is 0 Å². The number of hydrogen-bond acceptors (Lipinski definition) is 6. The number of halogens is 1. The number of furan rings is 1. The molecule has 0 bridgehead atoms. The molecule has 0 saturated carbocycles. The number of nitrogens with one attached hydrogen (secondary N) is 1. The lowest BCUT2D eigenvalue weighted by atomic mass is 10.2. The Balaban J connectivity index is 0.00000133. The highest BCUT2D eigenvalue weighted by Gasteiger charge is 2.21. The van der Waals surface area contributed by atoms with Crippen LogP contribution in [-0.4, -0.2) is 41.2 Å². The van der Waals surface area contributed by atoms with Crippen molar-refractivity contribution < 1.29 is 8.94 Å². The molecule has 0 spiro atoms. The van der Waals surface area contributed by atoms with Crippen molar-refractivity contribution in [3.63, 3.8) is 0 Å². The molecule has 7 heteroatoms. The molecule has 104 valence electrons. The Bertz CT molecular complexity index is 494. The van der Waals surface area contributed by atoms with E-state index in [9.17, 15) is 0 Å². The van der Waals surface area contributed by atoms with Crippen molar-refractivity contribution in [2.45, 2.75) is 19.0 Å². The average molecular weight is 285 g/mol. The third-order valence-corrected chi connectivity index (χ3v) is 3.25. The fourth-order valence-corrected chi connectivity index (χ4v) is 2.18. The van der Waals surface area contributed by atoms with Crippen molar-refractivity contribution in [1.29, 1.82) is 0 Å². The van der Waals surface area contributed by atoms with Crippen molar-refractivity contribution in [1.82, 2.24) is 20.4 Å². The van der Waals surface area contributed by atoms with Crippen molar-refractivity contribution in [3.8, 4) is 11.6 Å². The Morgan fingerprint density at radius 3 is 3.11 bits per heavy atom. The topological polar surface area (TPSA) is 67.3 Å². The van der Waals surface area contributed by atoms with Gasteiger partial charge < -0.3 is 14.3 Å². The fourth-order valence-electron chi connectivity index (χ4n) is 2.18. The Labute approximate surface area is 117 Å². The Hall–Kier alpha value is -1.37. The average Bonchev–Trinajstić information content (AvgIpc) is 3.12. The molecule has 0 amide bonds. The van der Waals surface area contributed by atoms with E-state index in [1.165, 1.54) is 0 Å². The minimum atomic E-state index is 0. The molecule has 1 saturated heterocycles. The summed E-state index contributed by atoms with van der Waals surface area (Å²) in [7, 11) is 2.08. The monoisotopic (exact) mass is 284 g/mol. The standard InChI is InChI=1S/C12H16N4O2.ClH/c1-16(9-4-5-13-7-9)8-11-14-12(15-18-11)10-3-2-6-17-10;/h2-3,6,9,13H,4-5,7-8H2,1H3;1H. The zero-order valence-corrected chi connectivity index (χ0v) is 11.5. The summed E-state index contributed by atoms with van der Waals surface area (Å²) in [6, 6.07) is 4.17. The third-order valence-electron chi connectivity index (χ3n) is 3.25. The molecule has 3 heterocycles. The molecule has 0 aliphatic carbocycles. The first kappa shape index (κ1) is 14.0. The predicted octanol–water partition coefficient (Wildman–Crippen LogP) is 1.55. The molecular weight excluding hydrogens is 268 g/mol. The second kappa shape index (κ2) is 6.18. The Morgan fingerprint density at radius 1 is 1.53 bits per heavy atom. The maximum absolute atomic E-state index is 5.24. The molecule has 0 aromatic carbocycles. The van der Waals surface area contributed by atoms with E-state index >= 15 is 0 Å². The minimum Gasteiger partial charge on any atom is -0.461 e. The smallest absolute Gasteiger partial charge is 0.241 e. The molecule has 19 heavy (non-hydrogen) atoms. The van der Waals surface area contributed by atoms with E-state index in [2.05, 4.69) is 27.4 Å². The maximum Gasteiger partial charge on any atom is 0.241 e. The molecule has 0 radical (unpaired) electrons. The minimum absolute atomic E-state index is 0. The number of nitrogens with zero attached hydrogens (tertiary/aromatic N) is 3. The Morgan fingerprint density at radius 2 is 2.42 bits per heavy atom. The normalized spacial score (nSPS) is 18.7. The van der Waals surface area contributed by atoms with Crippen LogP contribution in [0.25, 0.3) is 11.6 Å². The second-order valence-electron chi connectivity index (χ2n) is 4.55. The number of likely N-dealkylation sites (N-methyl/N-ethyl adjacent to an activating group) is 1. The zero-order chi connectivity index (χ0) is 12.4. The molecule has 1 fully saturated rings. The molecule has 1 aliphatic rings. The largest absolute Gasteiger partial charge is 0.461 e. The van der Waals surface area contributed by atoms with E-state index in [0.717, 1.165) is 19.5 Å². The maximum atomic E-state index is 5.24. The van der Waals surface area contributed by atoms with Crippen LogP contribution in [0.3, 0.4) is 0 Å². The van der Waals surface area contributed by atoms with Crippen LogP contribution in [0.15, 0.2) is 27.3 Å². The number of aromatic nitrogens is 2. The summed E-state index contributed by atoms with van der Waals surface area (Å²) in [6.45, 7) is 2.77. The van der Waals surface area contributed by atoms with Crippen molar-refractivity contribution in [2.75, 3.05) is 20.1 Å². The molecule has 3 rings (SSSR count). The molecule has 1 N–H and O–H groups in total. The molecule has 1 unspecified atom stereocenters. The quantitative estimate of drug-likeness (QED) is 0.919. The summed E-state index contributed by atoms with van der Waals surface area (Å²) < 4.78 is 10.5. The second-order valence-corrected chi connectivity index (χ2v) is 4.55. The van der Waals surface area contributed by atoms with Crippen LogP contribution in [0.2, 0.25) is 0 Å². The van der Waals surface area contributed by atoms with E-state index in [1.807, 2.05) is 12.1 Å².